The molecule has 0 bridgehead atoms. The molecule has 174 valence electrons. The van der Waals surface area contributed by atoms with Crippen LogP contribution in [0.5, 0.6) is 23.0 Å². The number of ether oxygens (including phenoxy) is 4. The summed E-state index contributed by atoms with van der Waals surface area (Å²) in [6.45, 7) is 1.35. The maximum Gasteiger partial charge on any atom is 0.328 e. The molecule has 0 saturated carbocycles. The van der Waals surface area contributed by atoms with Gasteiger partial charge >= 0.3 is 8.60 Å². The summed E-state index contributed by atoms with van der Waals surface area (Å²) >= 11 is 0. The van der Waals surface area contributed by atoms with Crippen molar-refractivity contribution in [3.63, 3.8) is 0 Å². The first-order valence-corrected chi connectivity index (χ1v) is 10.7. The Hall–Kier alpha value is -3.35. The van der Waals surface area contributed by atoms with Gasteiger partial charge in [0.1, 0.15) is 18.2 Å². The predicted molar refractivity (Wildman–Crippen MR) is 121 cm³/mol. The van der Waals surface area contributed by atoms with Gasteiger partial charge < -0.3 is 28.7 Å². The summed E-state index contributed by atoms with van der Waals surface area (Å²) in [4.78, 5) is 32.0. The average Bonchev–Trinajstić information content (AvgIpc) is 3.20. The summed E-state index contributed by atoms with van der Waals surface area (Å²) in [5, 5.41) is 4.89. The third-order valence-electron chi connectivity index (χ3n) is 4.78. The van der Waals surface area contributed by atoms with Gasteiger partial charge in [0.2, 0.25) is 11.5 Å². The maximum atomic E-state index is 13.5. The molecule has 0 spiro atoms. The van der Waals surface area contributed by atoms with Gasteiger partial charge in [0.05, 0.1) is 39.5 Å². The van der Waals surface area contributed by atoms with E-state index in [9.17, 15) is 14.6 Å². The lowest BCUT2D eigenvalue weighted by Gasteiger charge is -2.13. The molecule has 0 radical (unpaired) electrons. The highest BCUT2D eigenvalue weighted by atomic mass is 31.2. The first-order valence-electron chi connectivity index (χ1n) is 9.55. The highest BCUT2D eigenvalue weighted by Crippen LogP contribution is 2.39. The van der Waals surface area contributed by atoms with Crippen LogP contribution in [0, 0.1) is 11.8 Å². The van der Waals surface area contributed by atoms with E-state index in [1.807, 2.05) is 0 Å². The number of carbonyl (C=O) groups excluding carboxylic acids is 1. The van der Waals surface area contributed by atoms with Crippen molar-refractivity contribution in [3.05, 3.63) is 41.1 Å². The zero-order valence-electron chi connectivity index (χ0n) is 18.7. The third kappa shape index (κ3) is 4.72. The van der Waals surface area contributed by atoms with Gasteiger partial charge in [0, 0.05) is 10.9 Å². The Bertz CT molecular complexity index is 1220. The van der Waals surface area contributed by atoms with Gasteiger partial charge in [-0.15, -0.1) is 5.92 Å². The first-order chi connectivity index (χ1) is 15.9. The molecule has 0 saturated heterocycles. The monoisotopic (exact) mass is 474 g/mol. The van der Waals surface area contributed by atoms with Crippen LogP contribution in [0.4, 0.5) is 0 Å². The van der Waals surface area contributed by atoms with Gasteiger partial charge in [0.25, 0.3) is 0 Å². The first kappa shape index (κ1) is 24.3. The molecule has 0 amide bonds. The topological polar surface area (TPSA) is 122 Å². The summed E-state index contributed by atoms with van der Waals surface area (Å²) < 4.78 is 27.7. The zero-order valence-corrected chi connectivity index (χ0v) is 19.6. The minimum atomic E-state index is -2.64. The summed E-state index contributed by atoms with van der Waals surface area (Å²) in [5.74, 6) is 6.82. The van der Waals surface area contributed by atoms with E-state index in [-0.39, 0.29) is 18.0 Å². The number of hydrogen-bond donors (Lipinski definition) is 2. The molecular weight excluding hydrogens is 451 g/mol. The van der Waals surface area contributed by atoms with Crippen molar-refractivity contribution in [2.24, 2.45) is 0 Å². The molecule has 0 aliphatic rings. The van der Waals surface area contributed by atoms with Gasteiger partial charge in [-0.1, -0.05) is 5.92 Å². The molecule has 0 atom stereocenters. The largest absolute Gasteiger partial charge is 0.495 e. The van der Waals surface area contributed by atoms with Crippen LogP contribution < -0.4 is 18.9 Å². The molecule has 0 aliphatic heterocycles. The minimum absolute atomic E-state index is 0.102. The molecule has 1 heterocycles. The number of methoxy groups -OCH3 is 4. The maximum absolute atomic E-state index is 13.5. The number of rotatable bonds is 9. The normalized spacial score (nSPS) is 10.7. The van der Waals surface area contributed by atoms with Crippen LogP contribution >= 0.6 is 8.60 Å². The van der Waals surface area contributed by atoms with Gasteiger partial charge in [-0.3, -0.25) is 9.32 Å². The van der Waals surface area contributed by atoms with E-state index in [2.05, 4.69) is 16.9 Å². The van der Waals surface area contributed by atoms with E-state index in [1.54, 1.807) is 19.1 Å². The van der Waals surface area contributed by atoms with Crippen LogP contribution in [0.2, 0.25) is 0 Å². The smallest absolute Gasteiger partial charge is 0.328 e. The molecule has 0 fully saturated rings. The molecule has 3 aromatic rings. The third-order valence-corrected chi connectivity index (χ3v) is 5.13. The van der Waals surface area contributed by atoms with Crippen molar-refractivity contribution in [2.45, 2.75) is 13.7 Å². The Kier molecular flexibility index (Phi) is 7.74. The van der Waals surface area contributed by atoms with Crippen LogP contribution in [-0.2, 0) is 11.3 Å². The van der Waals surface area contributed by atoms with Gasteiger partial charge in [-0.2, -0.15) is 5.10 Å². The second-order valence-electron chi connectivity index (χ2n) is 6.52. The molecule has 33 heavy (non-hydrogen) atoms. The van der Waals surface area contributed by atoms with Gasteiger partial charge in [0.15, 0.2) is 11.5 Å². The Balaban J connectivity index is 2.25. The molecule has 1 aromatic heterocycles. The van der Waals surface area contributed by atoms with Crippen molar-refractivity contribution in [2.75, 3.05) is 28.4 Å². The van der Waals surface area contributed by atoms with Crippen LogP contribution in [0.15, 0.2) is 24.3 Å². The number of benzene rings is 2. The number of fused-ring (bicyclic) bond motifs is 1. The van der Waals surface area contributed by atoms with Gasteiger partial charge in [-0.05, 0) is 31.2 Å². The number of ketones is 1. The molecule has 0 unspecified atom stereocenters. The molecule has 0 aliphatic carbocycles. The highest BCUT2D eigenvalue weighted by Gasteiger charge is 2.25. The Morgan fingerprint density at radius 1 is 1.03 bits per heavy atom. The van der Waals surface area contributed by atoms with Gasteiger partial charge in [-0.25, -0.2) is 4.68 Å². The van der Waals surface area contributed by atoms with Crippen molar-refractivity contribution in [1.29, 1.82) is 0 Å². The van der Waals surface area contributed by atoms with Crippen LogP contribution in [0.1, 0.15) is 28.5 Å². The number of nitrogens with zero attached hydrogens (tertiary/aromatic N) is 2. The quantitative estimate of drug-likeness (QED) is 0.274. The fourth-order valence-corrected chi connectivity index (χ4v) is 3.60. The van der Waals surface area contributed by atoms with Crippen molar-refractivity contribution >= 4 is 25.3 Å². The lowest BCUT2D eigenvalue weighted by Crippen LogP contribution is -2.07. The zero-order chi connectivity index (χ0) is 24.1. The predicted octanol–water partition coefficient (Wildman–Crippen LogP) is 2.86. The summed E-state index contributed by atoms with van der Waals surface area (Å²) in [6.07, 6.45) is 0. The second-order valence-corrected chi connectivity index (χ2v) is 7.28. The van der Waals surface area contributed by atoms with Crippen molar-refractivity contribution in [1.82, 2.24) is 9.78 Å². The summed E-state index contributed by atoms with van der Waals surface area (Å²) in [6, 6.07) is 6.43. The molecule has 2 N–H and O–H groups in total. The number of carbonyl (C=O) groups is 1. The van der Waals surface area contributed by atoms with E-state index in [0.717, 1.165) is 0 Å². The molecule has 3 rings (SSSR count). The number of hydrogen-bond acceptors (Lipinski definition) is 9. The van der Waals surface area contributed by atoms with E-state index in [4.69, 9.17) is 23.5 Å². The van der Waals surface area contributed by atoms with Crippen LogP contribution in [-0.4, -0.2) is 53.8 Å². The van der Waals surface area contributed by atoms with E-state index in [1.165, 1.54) is 45.3 Å². The Morgan fingerprint density at radius 2 is 1.67 bits per heavy atom. The fraction of sp³-hybridized carbons (Fsp3) is 0.273. The molecule has 10 nitrogen and oxygen atoms in total. The fourth-order valence-electron chi connectivity index (χ4n) is 3.39. The summed E-state index contributed by atoms with van der Waals surface area (Å²) in [7, 11) is 3.25. The Morgan fingerprint density at radius 3 is 2.18 bits per heavy atom. The molecule has 11 heteroatoms. The molecular formula is C22H23N2O8P. The highest BCUT2D eigenvalue weighted by molar-refractivity contribution is 7.39. The Labute approximate surface area is 191 Å². The van der Waals surface area contributed by atoms with E-state index >= 15 is 0 Å². The standard InChI is InChI=1S/C22H23N2O8P/c1-6-7-14-16(28-2)9-8-15-19(23-24(20(14)15)12-32-33(26)27)21(25)13-10-17(29-3)22(31-5)18(11-13)30-4/h8-11,26-27H,12H2,1-5H3. The van der Waals surface area contributed by atoms with Crippen LogP contribution in [0.3, 0.4) is 0 Å². The number of aromatic nitrogens is 2. The van der Waals surface area contributed by atoms with E-state index in [0.29, 0.717) is 39.5 Å². The van der Waals surface area contributed by atoms with Crippen LogP contribution in [0.25, 0.3) is 10.9 Å². The lowest BCUT2D eigenvalue weighted by molar-refractivity contribution is 0.103. The van der Waals surface area contributed by atoms with E-state index < -0.39 is 14.4 Å². The van der Waals surface area contributed by atoms with Crippen molar-refractivity contribution in [3.8, 4) is 34.8 Å². The average molecular weight is 474 g/mol. The lowest BCUT2D eigenvalue weighted by atomic mass is 10.0. The van der Waals surface area contributed by atoms with Crippen molar-refractivity contribution < 1.29 is 38.1 Å². The second kappa shape index (κ2) is 10.5. The summed E-state index contributed by atoms with van der Waals surface area (Å²) in [5.41, 5.74) is 1.29. The molecule has 2 aromatic carbocycles. The SMILES string of the molecule is CC#Cc1c(OC)ccc2c(C(=O)c3cc(OC)c(OC)c(OC)c3)nn(COP(O)O)c12. The minimum Gasteiger partial charge on any atom is -0.495 e.